The highest BCUT2D eigenvalue weighted by Crippen LogP contribution is 2.14. The van der Waals surface area contributed by atoms with Gasteiger partial charge in [-0.1, -0.05) is 19.1 Å². The lowest BCUT2D eigenvalue weighted by Gasteiger charge is -2.34. The van der Waals surface area contributed by atoms with Gasteiger partial charge in [0.25, 0.3) is 11.8 Å². The number of carbonyl (C=O) groups excluding carboxylic acids is 3. The van der Waals surface area contributed by atoms with Crippen LogP contribution in [0.15, 0.2) is 42.7 Å². The van der Waals surface area contributed by atoms with Crippen LogP contribution in [-0.2, 0) is 11.2 Å². The molecule has 3 amide bonds. The number of rotatable bonds is 4. The highest BCUT2D eigenvalue weighted by molar-refractivity contribution is 6.05. The first-order valence-corrected chi connectivity index (χ1v) is 9.38. The van der Waals surface area contributed by atoms with E-state index in [4.69, 9.17) is 0 Å². The molecule has 7 heteroatoms. The van der Waals surface area contributed by atoms with Gasteiger partial charge in [0.2, 0.25) is 5.91 Å². The number of nitrogens with zero attached hydrogens (tertiary/aromatic N) is 3. The summed E-state index contributed by atoms with van der Waals surface area (Å²) >= 11 is 0. The van der Waals surface area contributed by atoms with E-state index < -0.39 is 0 Å². The molecule has 3 rings (SSSR count). The van der Waals surface area contributed by atoms with Crippen molar-refractivity contribution in [3.8, 4) is 0 Å². The van der Waals surface area contributed by atoms with Crippen LogP contribution in [0.3, 0.4) is 0 Å². The Kier molecular flexibility index (Phi) is 6.03. The minimum absolute atomic E-state index is 0.0133. The lowest BCUT2D eigenvalue weighted by Crippen LogP contribution is -2.50. The molecule has 1 fully saturated rings. The predicted octanol–water partition coefficient (Wildman–Crippen LogP) is 2.20. The Hall–Kier alpha value is -3.22. The van der Waals surface area contributed by atoms with Crippen LogP contribution in [0.2, 0.25) is 0 Å². The van der Waals surface area contributed by atoms with Gasteiger partial charge in [-0.15, -0.1) is 0 Å². The van der Waals surface area contributed by atoms with E-state index in [-0.39, 0.29) is 17.7 Å². The highest BCUT2D eigenvalue weighted by atomic mass is 16.2. The maximum absolute atomic E-state index is 12.7. The number of hydrogen-bond donors (Lipinski definition) is 1. The number of aryl methyl sites for hydroxylation is 1. The quantitative estimate of drug-likeness (QED) is 0.882. The van der Waals surface area contributed by atoms with Crippen LogP contribution in [0, 0.1) is 0 Å². The number of aromatic nitrogens is 1. The zero-order valence-corrected chi connectivity index (χ0v) is 16.1. The van der Waals surface area contributed by atoms with Gasteiger partial charge in [-0.3, -0.25) is 19.4 Å². The number of nitrogens with one attached hydrogen (secondary N) is 1. The summed E-state index contributed by atoms with van der Waals surface area (Å²) < 4.78 is 0. The second-order valence-electron chi connectivity index (χ2n) is 6.77. The van der Waals surface area contributed by atoms with Crippen LogP contribution < -0.4 is 5.32 Å². The third-order valence-electron chi connectivity index (χ3n) is 4.88. The Bertz CT molecular complexity index is 871. The lowest BCUT2D eigenvalue weighted by molar-refractivity contribution is -0.130. The third-order valence-corrected chi connectivity index (χ3v) is 4.88. The molecule has 7 nitrogen and oxygen atoms in total. The van der Waals surface area contributed by atoms with E-state index >= 15 is 0 Å². The van der Waals surface area contributed by atoms with E-state index in [9.17, 15) is 14.4 Å². The molecule has 0 spiro atoms. The topological polar surface area (TPSA) is 82.6 Å². The largest absolute Gasteiger partial charge is 0.339 e. The zero-order chi connectivity index (χ0) is 20.1. The summed E-state index contributed by atoms with van der Waals surface area (Å²) in [6.07, 6.45) is 3.84. The molecule has 1 N–H and O–H groups in total. The number of benzene rings is 1. The van der Waals surface area contributed by atoms with Gasteiger partial charge in [0.05, 0.1) is 11.1 Å². The van der Waals surface area contributed by atoms with Crippen LogP contribution in [0.5, 0.6) is 0 Å². The van der Waals surface area contributed by atoms with Crippen LogP contribution in [0.4, 0.5) is 5.69 Å². The van der Waals surface area contributed by atoms with E-state index in [2.05, 4.69) is 17.2 Å². The molecule has 1 aromatic carbocycles. The van der Waals surface area contributed by atoms with Crippen molar-refractivity contribution in [2.24, 2.45) is 0 Å². The second kappa shape index (κ2) is 8.65. The van der Waals surface area contributed by atoms with Crippen molar-refractivity contribution in [1.82, 2.24) is 14.8 Å². The molecule has 28 heavy (non-hydrogen) atoms. The van der Waals surface area contributed by atoms with Crippen LogP contribution in [-0.4, -0.2) is 58.7 Å². The van der Waals surface area contributed by atoms with E-state index in [1.807, 2.05) is 24.3 Å². The molecule has 0 unspecified atom stereocenters. The van der Waals surface area contributed by atoms with E-state index in [1.54, 1.807) is 15.9 Å². The summed E-state index contributed by atoms with van der Waals surface area (Å²) in [5, 5.41) is 2.83. The van der Waals surface area contributed by atoms with Gasteiger partial charge in [-0.25, -0.2) is 0 Å². The number of carbonyl (C=O) groups is 3. The monoisotopic (exact) mass is 380 g/mol. The van der Waals surface area contributed by atoms with Gasteiger partial charge in [0, 0.05) is 51.2 Å². The molecule has 2 heterocycles. The number of hydrogen-bond acceptors (Lipinski definition) is 4. The summed E-state index contributed by atoms with van der Waals surface area (Å²) in [4.78, 5) is 44.1. The minimum atomic E-state index is -0.312. The smallest absolute Gasteiger partial charge is 0.257 e. The SMILES string of the molecule is CCc1ccc(NC(=O)c2cncc(C(=O)N3CCN(C(C)=O)CC3)c2)cc1. The zero-order valence-electron chi connectivity index (χ0n) is 16.1. The first kappa shape index (κ1) is 19.5. The molecule has 0 atom stereocenters. The van der Waals surface area contributed by atoms with Crippen LogP contribution >= 0.6 is 0 Å². The Morgan fingerprint density at radius 1 is 0.964 bits per heavy atom. The fourth-order valence-corrected chi connectivity index (χ4v) is 3.12. The minimum Gasteiger partial charge on any atom is -0.339 e. The maximum atomic E-state index is 12.7. The average molecular weight is 380 g/mol. The van der Waals surface area contributed by atoms with Crippen molar-refractivity contribution in [3.63, 3.8) is 0 Å². The van der Waals surface area contributed by atoms with Crippen molar-refractivity contribution in [1.29, 1.82) is 0 Å². The third kappa shape index (κ3) is 4.54. The van der Waals surface area contributed by atoms with Gasteiger partial charge in [-0.05, 0) is 30.2 Å². The van der Waals surface area contributed by atoms with Crippen molar-refractivity contribution in [2.45, 2.75) is 20.3 Å². The number of anilines is 1. The summed E-state index contributed by atoms with van der Waals surface area (Å²) in [6.45, 7) is 5.57. The van der Waals surface area contributed by atoms with E-state index in [0.717, 1.165) is 6.42 Å². The molecule has 1 saturated heterocycles. The first-order valence-electron chi connectivity index (χ1n) is 9.38. The number of amides is 3. The molecule has 146 valence electrons. The molecule has 0 saturated carbocycles. The van der Waals surface area contributed by atoms with E-state index in [1.165, 1.54) is 24.9 Å². The van der Waals surface area contributed by atoms with Crippen LogP contribution in [0.1, 0.15) is 40.1 Å². The molecule has 1 aromatic heterocycles. The molecule has 1 aliphatic heterocycles. The predicted molar refractivity (Wildman–Crippen MR) is 106 cm³/mol. The molecule has 1 aliphatic rings. The van der Waals surface area contributed by atoms with Crippen molar-refractivity contribution in [2.75, 3.05) is 31.5 Å². The fourth-order valence-electron chi connectivity index (χ4n) is 3.12. The van der Waals surface area contributed by atoms with Crippen LogP contribution in [0.25, 0.3) is 0 Å². The summed E-state index contributed by atoms with van der Waals surface area (Å²) in [5.74, 6) is -0.482. The summed E-state index contributed by atoms with van der Waals surface area (Å²) in [6, 6.07) is 9.20. The summed E-state index contributed by atoms with van der Waals surface area (Å²) in [7, 11) is 0. The Morgan fingerprint density at radius 2 is 1.57 bits per heavy atom. The van der Waals surface area contributed by atoms with E-state index in [0.29, 0.717) is 43.0 Å². The van der Waals surface area contributed by atoms with Gasteiger partial charge >= 0.3 is 0 Å². The number of pyridine rings is 1. The van der Waals surface area contributed by atoms with Gasteiger partial charge in [0.1, 0.15) is 0 Å². The molecular weight excluding hydrogens is 356 g/mol. The Morgan fingerprint density at radius 3 is 2.18 bits per heavy atom. The standard InChI is InChI=1S/C21H24N4O3/c1-3-16-4-6-19(7-5-16)23-20(27)17-12-18(14-22-13-17)21(28)25-10-8-24(9-11-25)15(2)26/h4-7,12-14H,3,8-11H2,1-2H3,(H,23,27). The van der Waals surface area contributed by atoms with Gasteiger partial charge < -0.3 is 15.1 Å². The molecular formula is C21H24N4O3. The van der Waals surface area contributed by atoms with Gasteiger partial charge in [0.15, 0.2) is 0 Å². The molecule has 0 aliphatic carbocycles. The molecule has 0 bridgehead atoms. The fraction of sp³-hybridized carbons (Fsp3) is 0.333. The highest BCUT2D eigenvalue weighted by Gasteiger charge is 2.24. The normalized spacial score (nSPS) is 13.9. The molecule has 2 aromatic rings. The average Bonchev–Trinajstić information content (AvgIpc) is 2.74. The summed E-state index contributed by atoms with van der Waals surface area (Å²) in [5.41, 5.74) is 2.58. The van der Waals surface area contributed by atoms with Crippen molar-refractivity contribution >= 4 is 23.4 Å². The number of piperazine rings is 1. The first-order chi connectivity index (χ1) is 13.5. The lowest BCUT2D eigenvalue weighted by atomic mass is 10.1. The van der Waals surface area contributed by atoms with Crippen molar-refractivity contribution < 1.29 is 14.4 Å². The second-order valence-corrected chi connectivity index (χ2v) is 6.77. The maximum Gasteiger partial charge on any atom is 0.257 e. The Labute approximate surface area is 164 Å². The Balaban J connectivity index is 1.66. The molecule has 0 radical (unpaired) electrons. The van der Waals surface area contributed by atoms with Gasteiger partial charge in [-0.2, -0.15) is 0 Å². The van der Waals surface area contributed by atoms with Crippen molar-refractivity contribution in [3.05, 3.63) is 59.4 Å².